The number of hydrogen-bond acceptors (Lipinski definition) is 2. The van der Waals surface area contributed by atoms with Gasteiger partial charge in [-0.2, -0.15) is 0 Å². The van der Waals surface area contributed by atoms with Gasteiger partial charge in [-0.3, -0.25) is 0 Å². The summed E-state index contributed by atoms with van der Waals surface area (Å²) in [5, 5.41) is 7.75. The fourth-order valence-corrected chi connectivity index (χ4v) is 3.95. The van der Waals surface area contributed by atoms with Crippen LogP contribution in [-0.4, -0.2) is 28.8 Å². The summed E-state index contributed by atoms with van der Waals surface area (Å²) in [7, 11) is 0. The van der Waals surface area contributed by atoms with Gasteiger partial charge in [0.2, 0.25) is 0 Å². The van der Waals surface area contributed by atoms with Crippen molar-refractivity contribution in [2.75, 3.05) is 18.4 Å². The molecule has 0 aliphatic carbocycles. The van der Waals surface area contributed by atoms with E-state index >= 15 is 0 Å². The highest BCUT2D eigenvalue weighted by Gasteiger charge is 2.59. The highest BCUT2D eigenvalue weighted by atomic mass is 32.1. The third kappa shape index (κ3) is 1.61. The molecule has 0 aromatic heterocycles. The molecular formula is C16H21N3S. The van der Waals surface area contributed by atoms with E-state index in [4.69, 9.17) is 12.2 Å². The zero-order chi connectivity index (χ0) is 14.4. The largest absolute Gasteiger partial charge is 0.362 e. The number of nitrogens with zero attached hydrogens (tertiary/aromatic N) is 1. The molecule has 2 aliphatic rings. The number of thiocarbonyl (C=S) groups is 1. The molecule has 1 saturated heterocycles. The number of benzene rings is 1. The summed E-state index contributed by atoms with van der Waals surface area (Å²) in [6.07, 6.45) is 2.93. The number of hydrogen-bond donors (Lipinski definition) is 2. The molecule has 106 valence electrons. The lowest BCUT2D eigenvalue weighted by atomic mass is 9.75. The van der Waals surface area contributed by atoms with Crippen molar-refractivity contribution in [3.05, 3.63) is 42.5 Å². The first kappa shape index (κ1) is 13.4. The topological polar surface area (TPSA) is 27.3 Å². The van der Waals surface area contributed by atoms with Gasteiger partial charge in [-0.1, -0.05) is 31.2 Å². The Labute approximate surface area is 126 Å². The SMILES string of the molecule is C=CCNC(=S)N1CC[C@]2(C)c3ccccc3N[C@]12C. The van der Waals surface area contributed by atoms with Crippen LogP contribution in [-0.2, 0) is 5.41 Å². The van der Waals surface area contributed by atoms with Crippen LogP contribution in [0, 0.1) is 0 Å². The smallest absolute Gasteiger partial charge is 0.171 e. The molecule has 0 saturated carbocycles. The fourth-order valence-electron chi connectivity index (χ4n) is 3.60. The van der Waals surface area contributed by atoms with Crippen LogP contribution in [0.15, 0.2) is 36.9 Å². The molecule has 2 heterocycles. The summed E-state index contributed by atoms with van der Waals surface area (Å²) in [4.78, 5) is 2.28. The summed E-state index contributed by atoms with van der Waals surface area (Å²) in [5.74, 6) is 0. The Morgan fingerprint density at radius 2 is 2.25 bits per heavy atom. The molecule has 3 rings (SSSR count). The molecule has 0 unspecified atom stereocenters. The first-order chi connectivity index (χ1) is 9.53. The summed E-state index contributed by atoms with van der Waals surface area (Å²) in [6, 6.07) is 8.59. The quantitative estimate of drug-likeness (QED) is 0.646. The molecule has 1 aromatic rings. The minimum absolute atomic E-state index is 0.0868. The van der Waals surface area contributed by atoms with Crippen molar-refractivity contribution in [1.82, 2.24) is 10.2 Å². The lowest BCUT2D eigenvalue weighted by Crippen LogP contribution is -2.58. The van der Waals surface area contributed by atoms with E-state index in [1.54, 1.807) is 0 Å². The average Bonchev–Trinajstić information content (AvgIpc) is 2.81. The van der Waals surface area contributed by atoms with Gasteiger partial charge in [-0.25, -0.2) is 0 Å². The van der Waals surface area contributed by atoms with Gasteiger partial charge in [0.1, 0.15) is 5.66 Å². The van der Waals surface area contributed by atoms with E-state index in [0.29, 0.717) is 6.54 Å². The van der Waals surface area contributed by atoms with E-state index in [-0.39, 0.29) is 11.1 Å². The van der Waals surface area contributed by atoms with Crippen molar-refractivity contribution in [2.45, 2.75) is 31.3 Å². The van der Waals surface area contributed by atoms with Crippen LogP contribution < -0.4 is 10.6 Å². The second kappa shape index (κ2) is 4.48. The molecule has 0 bridgehead atoms. The van der Waals surface area contributed by atoms with Crippen LogP contribution in [0.4, 0.5) is 5.69 Å². The zero-order valence-electron chi connectivity index (χ0n) is 12.1. The lowest BCUT2D eigenvalue weighted by Gasteiger charge is -2.42. The second-order valence-corrected chi connectivity index (χ2v) is 6.34. The van der Waals surface area contributed by atoms with Crippen LogP contribution in [0.1, 0.15) is 25.8 Å². The first-order valence-electron chi connectivity index (χ1n) is 7.07. The number of fused-ring (bicyclic) bond motifs is 3. The van der Waals surface area contributed by atoms with Crippen LogP contribution in [0.5, 0.6) is 0 Å². The normalized spacial score (nSPS) is 30.4. The predicted octanol–water partition coefficient (Wildman–Crippen LogP) is 2.85. The Morgan fingerprint density at radius 1 is 1.50 bits per heavy atom. The van der Waals surface area contributed by atoms with Gasteiger partial charge in [0.05, 0.1) is 0 Å². The zero-order valence-corrected chi connectivity index (χ0v) is 12.9. The molecule has 1 fully saturated rings. The Morgan fingerprint density at radius 3 is 3.00 bits per heavy atom. The maximum Gasteiger partial charge on any atom is 0.171 e. The van der Waals surface area contributed by atoms with Crippen molar-refractivity contribution in [2.24, 2.45) is 0 Å². The number of nitrogens with one attached hydrogen (secondary N) is 2. The highest BCUT2D eigenvalue weighted by Crippen LogP contribution is 2.54. The number of likely N-dealkylation sites (tertiary alicyclic amines) is 1. The van der Waals surface area contributed by atoms with Gasteiger partial charge in [0, 0.05) is 24.2 Å². The van der Waals surface area contributed by atoms with E-state index in [2.05, 4.69) is 60.2 Å². The Bertz CT molecular complexity index is 571. The molecule has 2 atom stereocenters. The summed E-state index contributed by atoms with van der Waals surface area (Å²) < 4.78 is 0. The van der Waals surface area contributed by atoms with Gasteiger partial charge in [-0.05, 0) is 37.2 Å². The highest BCUT2D eigenvalue weighted by molar-refractivity contribution is 7.80. The Kier molecular flexibility index (Phi) is 3.01. The van der Waals surface area contributed by atoms with Crippen LogP contribution in [0.2, 0.25) is 0 Å². The standard InChI is InChI=1S/C16H21N3S/c1-4-10-17-14(20)19-11-9-15(2)12-7-5-6-8-13(12)18-16(15,19)3/h4-8,18H,1,9-11H2,2-3H3,(H,17,20)/t15-,16-/m1/s1. The van der Waals surface area contributed by atoms with Crippen molar-refractivity contribution in [3.63, 3.8) is 0 Å². The number of anilines is 1. The predicted molar refractivity (Wildman–Crippen MR) is 87.9 cm³/mol. The van der Waals surface area contributed by atoms with Gasteiger partial charge < -0.3 is 15.5 Å². The second-order valence-electron chi connectivity index (χ2n) is 5.95. The Hall–Kier alpha value is -1.55. The Balaban J connectivity index is 1.95. The third-order valence-electron chi connectivity index (χ3n) is 4.99. The first-order valence-corrected chi connectivity index (χ1v) is 7.48. The molecule has 0 radical (unpaired) electrons. The van der Waals surface area contributed by atoms with Gasteiger partial charge >= 0.3 is 0 Å². The van der Waals surface area contributed by atoms with E-state index < -0.39 is 0 Å². The molecule has 2 N–H and O–H groups in total. The van der Waals surface area contributed by atoms with E-state index in [9.17, 15) is 0 Å². The summed E-state index contributed by atoms with van der Waals surface area (Å²) in [5.41, 5.74) is 2.55. The maximum absolute atomic E-state index is 5.56. The number of rotatable bonds is 2. The summed E-state index contributed by atoms with van der Waals surface area (Å²) in [6.45, 7) is 9.99. The lowest BCUT2D eigenvalue weighted by molar-refractivity contribution is 0.224. The van der Waals surface area contributed by atoms with Crippen molar-refractivity contribution >= 4 is 23.0 Å². The van der Waals surface area contributed by atoms with Crippen molar-refractivity contribution in [3.8, 4) is 0 Å². The third-order valence-corrected chi connectivity index (χ3v) is 5.36. The molecule has 20 heavy (non-hydrogen) atoms. The van der Waals surface area contributed by atoms with Crippen molar-refractivity contribution in [1.29, 1.82) is 0 Å². The molecule has 4 heteroatoms. The molecule has 2 aliphatic heterocycles. The summed E-state index contributed by atoms with van der Waals surface area (Å²) >= 11 is 5.56. The average molecular weight is 287 g/mol. The van der Waals surface area contributed by atoms with Crippen LogP contribution in [0.3, 0.4) is 0 Å². The molecular weight excluding hydrogens is 266 g/mol. The van der Waals surface area contributed by atoms with Gasteiger partial charge in [0.15, 0.2) is 5.11 Å². The van der Waals surface area contributed by atoms with Crippen molar-refractivity contribution < 1.29 is 0 Å². The van der Waals surface area contributed by atoms with E-state index in [1.165, 1.54) is 11.3 Å². The molecule has 0 spiro atoms. The number of para-hydroxylation sites is 1. The molecule has 3 nitrogen and oxygen atoms in total. The molecule has 0 amide bonds. The van der Waals surface area contributed by atoms with Crippen LogP contribution >= 0.6 is 12.2 Å². The van der Waals surface area contributed by atoms with Gasteiger partial charge in [-0.15, -0.1) is 6.58 Å². The maximum atomic E-state index is 5.56. The van der Waals surface area contributed by atoms with E-state index in [1.807, 2.05) is 6.08 Å². The van der Waals surface area contributed by atoms with E-state index in [0.717, 1.165) is 18.1 Å². The van der Waals surface area contributed by atoms with Crippen LogP contribution in [0.25, 0.3) is 0 Å². The monoisotopic (exact) mass is 287 g/mol. The fraction of sp³-hybridized carbons (Fsp3) is 0.438. The minimum Gasteiger partial charge on any atom is -0.362 e. The molecule has 1 aromatic carbocycles. The minimum atomic E-state index is -0.165. The van der Waals surface area contributed by atoms with Gasteiger partial charge in [0.25, 0.3) is 0 Å².